The van der Waals surface area contributed by atoms with Crippen molar-refractivity contribution in [3.63, 3.8) is 0 Å². The lowest BCUT2D eigenvalue weighted by Crippen LogP contribution is -2.47. The number of pyridine rings is 1. The molecule has 0 radical (unpaired) electrons. The van der Waals surface area contributed by atoms with Gasteiger partial charge in [0.2, 0.25) is 5.91 Å². The highest BCUT2D eigenvalue weighted by molar-refractivity contribution is 5.84. The van der Waals surface area contributed by atoms with Gasteiger partial charge in [-0.15, -0.1) is 0 Å². The van der Waals surface area contributed by atoms with Crippen LogP contribution >= 0.6 is 0 Å². The number of rotatable bonds is 6. The van der Waals surface area contributed by atoms with Crippen molar-refractivity contribution in [3.05, 3.63) is 71.9 Å². The van der Waals surface area contributed by atoms with Crippen molar-refractivity contribution in [3.8, 4) is 5.75 Å². The van der Waals surface area contributed by atoms with E-state index in [0.717, 1.165) is 36.2 Å². The number of hydrogen-bond donors (Lipinski definition) is 1. The lowest BCUT2D eigenvalue weighted by molar-refractivity contribution is -0.126. The predicted octanol–water partition coefficient (Wildman–Crippen LogP) is 3.18. The van der Waals surface area contributed by atoms with Gasteiger partial charge in [0.05, 0.1) is 12.6 Å². The van der Waals surface area contributed by atoms with E-state index in [0.29, 0.717) is 13.2 Å². The Morgan fingerprint density at radius 2 is 1.96 bits per heavy atom. The van der Waals surface area contributed by atoms with E-state index in [1.165, 1.54) is 11.1 Å². The largest absolute Gasteiger partial charge is 0.489 e. The zero-order chi connectivity index (χ0) is 19.3. The molecule has 3 aromatic rings. The van der Waals surface area contributed by atoms with Crippen molar-refractivity contribution in [1.29, 1.82) is 0 Å². The van der Waals surface area contributed by atoms with Gasteiger partial charge in [0, 0.05) is 24.7 Å². The van der Waals surface area contributed by atoms with E-state index in [4.69, 9.17) is 4.74 Å². The number of hydrogen-bond acceptors (Lipinski definition) is 4. The molecule has 0 aliphatic carbocycles. The fraction of sp³-hybridized carbons (Fsp3) is 0.304. The maximum atomic E-state index is 12.6. The highest BCUT2D eigenvalue weighted by atomic mass is 16.5. The summed E-state index contributed by atoms with van der Waals surface area (Å²) in [6.45, 7) is 4.58. The maximum Gasteiger partial charge on any atom is 0.237 e. The molecule has 2 heterocycles. The number of ether oxygens (including phenoxy) is 1. The Labute approximate surface area is 165 Å². The van der Waals surface area contributed by atoms with E-state index in [1.807, 2.05) is 37.3 Å². The average Bonchev–Trinajstić information content (AvgIpc) is 2.75. The zero-order valence-electron chi connectivity index (χ0n) is 16.1. The number of benzene rings is 2. The smallest absolute Gasteiger partial charge is 0.237 e. The number of nitrogens with one attached hydrogen (secondary N) is 1. The summed E-state index contributed by atoms with van der Waals surface area (Å²) in [7, 11) is 0. The number of carbonyl (C=O) groups excluding carboxylic acids is 1. The molecule has 1 aromatic heterocycles. The number of nitrogens with zero attached hydrogens (tertiary/aromatic N) is 2. The topological polar surface area (TPSA) is 54.5 Å². The van der Waals surface area contributed by atoms with Crippen LogP contribution in [0, 0.1) is 0 Å². The first-order chi connectivity index (χ1) is 13.7. The summed E-state index contributed by atoms with van der Waals surface area (Å²) >= 11 is 0. The summed E-state index contributed by atoms with van der Waals surface area (Å²) in [5, 5.41) is 4.04. The standard InChI is InChI=1S/C23H25N3O2/c1-17(26-14-11-18-6-2-3-7-20(18)16-26)23(27)25-13-15-28-21-10-4-8-19-9-5-12-24-22(19)21/h2-10,12,17H,11,13-16H2,1H3,(H,25,27). The molecule has 1 aliphatic heterocycles. The van der Waals surface area contributed by atoms with Crippen LogP contribution < -0.4 is 10.1 Å². The third-order valence-corrected chi connectivity index (χ3v) is 5.34. The van der Waals surface area contributed by atoms with E-state index in [9.17, 15) is 4.79 Å². The van der Waals surface area contributed by atoms with Gasteiger partial charge >= 0.3 is 0 Å². The van der Waals surface area contributed by atoms with Crippen LogP contribution in [0.15, 0.2) is 60.8 Å². The van der Waals surface area contributed by atoms with Crippen LogP contribution in [0.4, 0.5) is 0 Å². The zero-order valence-corrected chi connectivity index (χ0v) is 16.1. The van der Waals surface area contributed by atoms with Crippen molar-refractivity contribution in [2.24, 2.45) is 0 Å². The second kappa shape index (κ2) is 8.40. The van der Waals surface area contributed by atoms with Gasteiger partial charge in [0.15, 0.2) is 0 Å². The quantitative estimate of drug-likeness (QED) is 0.673. The number of carbonyl (C=O) groups is 1. The molecule has 1 amide bonds. The molecule has 2 aromatic carbocycles. The van der Waals surface area contributed by atoms with Crippen molar-refractivity contribution >= 4 is 16.8 Å². The number of aromatic nitrogens is 1. The van der Waals surface area contributed by atoms with Crippen LogP contribution in [0.3, 0.4) is 0 Å². The third kappa shape index (κ3) is 3.99. The Morgan fingerprint density at radius 3 is 2.86 bits per heavy atom. The Bertz CT molecular complexity index is 967. The summed E-state index contributed by atoms with van der Waals surface area (Å²) in [6.07, 6.45) is 2.75. The minimum Gasteiger partial charge on any atom is -0.489 e. The Hall–Kier alpha value is -2.92. The number of amides is 1. The predicted molar refractivity (Wildman–Crippen MR) is 110 cm³/mol. The summed E-state index contributed by atoms with van der Waals surface area (Å²) in [4.78, 5) is 19.2. The van der Waals surface area contributed by atoms with Crippen LogP contribution in [0.1, 0.15) is 18.1 Å². The van der Waals surface area contributed by atoms with E-state index in [2.05, 4.69) is 39.5 Å². The fourth-order valence-electron chi connectivity index (χ4n) is 3.69. The molecule has 0 spiro atoms. The van der Waals surface area contributed by atoms with E-state index in [1.54, 1.807) is 6.20 Å². The van der Waals surface area contributed by atoms with Gasteiger partial charge in [-0.25, -0.2) is 0 Å². The normalized spacial score (nSPS) is 15.0. The molecule has 5 nitrogen and oxygen atoms in total. The summed E-state index contributed by atoms with van der Waals surface area (Å²) in [5.41, 5.74) is 3.56. The molecule has 0 saturated heterocycles. The highest BCUT2D eigenvalue weighted by Crippen LogP contribution is 2.23. The van der Waals surface area contributed by atoms with Crippen molar-refractivity contribution < 1.29 is 9.53 Å². The fourth-order valence-corrected chi connectivity index (χ4v) is 3.69. The SMILES string of the molecule is CC(C(=O)NCCOc1cccc2cccnc12)N1CCc2ccccc2C1. The lowest BCUT2D eigenvalue weighted by Gasteiger charge is -2.32. The Morgan fingerprint density at radius 1 is 1.14 bits per heavy atom. The van der Waals surface area contributed by atoms with E-state index in [-0.39, 0.29) is 11.9 Å². The molecule has 1 N–H and O–H groups in total. The first-order valence-corrected chi connectivity index (χ1v) is 9.77. The van der Waals surface area contributed by atoms with Crippen LogP contribution in [0.5, 0.6) is 5.75 Å². The minimum absolute atomic E-state index is 0.0408. The van der Waals surface area contributed by atoms with Crippen LogP contribution in [0.25, 0.3) is 10.9 Å². The summed E-state index contributed by atoms with van der Waals surface area (Å²) in [5.74, 6) is 0.784. The summed E-state index contributed by atoms with van der Waals surface area (Å²) in [6, 6.07) is 18.1. The molecular formula is C23H25N3O2. The molecule has 1 aliphatic rings. The first kappa shape index (κ1) is 18.4. The number of para-hydroxylation sites is 1. The van der Waals surface area contributed by atoms with Crippen molar-refractivity contribution in [2.45, 2.75) is 25.9 Å². The molecule has 0 bridgehead atoms. The molecule has 5 heteroatoms. The molecular weight excluding hydrogens is 350 g/mol. The molecule has 28 heavy (non-hydrogen) atoms. The summed E-state index contributed by atoms with van der Waals surface area (Å²) < 4.78 is 5.85. The van der Waals surface area contributed by atoms with Gasteiger partial charge in [0.25, 0.3) is 0 Å². The monoisotopic (exact) mass is 375 g/mol. The number of fused-ring (bicyclic) bond motifs is 2. The molecule has 0 saturated carbocycles. The van der Waals surface area contributed by atoms with Gasteiger partial charge in [-0.2, -0.15) is 0 Å². The van der Waals surface area contributed by atoms with Gasteiger partial charge in [-0.05, 0) is 36.6 Å². The molecule has 0 fully saturated rings. The molecule has 1 atom stereocenters. The minimum atomic E-state index is -0.160. The van der Waals surface area contributed by atoms with Crippen LogP contribution in [-0.4, -0.2) is 41.5 Å². The van der Waals surface area contributed by atoms with Crippen LogP contribution in [-0.2, 0) is 17.8 Å². The van der Waals surface area contributed by atoms with Crippen molar-refractivity contribution in [2.75, 3.05) is 19.7 Å². The highest BCUT2D eigenvalue weighted by Gasteiger charge is 2.24. The van der Waals surface area contributed by atoms with Gasteiger partial charge in [-0.3, -0.25) is 14.7 Å². The van der Waals surface area contributed by atoms with E-state index < -0.39 is 0 Å². The Kier molecular flexibility index (Phi) is 5.53. The van der Waals surface area contributed by atoms with Crippen LogP contribution in [0.2, 0.25) is 0 Å². The van der Waals surface area contributed by atoms with E-state index >= 15 is 0 Å². The third-order valence-electron chi connectivity index (χ3n) is 5.34. The molecule has 1 unspecified atom stereocenters. The molecule has 144 valence electrons. The molecule has 4 rings (SSSR count). The van der Waals surface area contributed by atoms with Crippen molar-refractivity contribution in [1.82, 2.24) is 15.2 Å². The second-order valence-corrected chi connectivity index (χ2v) is 7.14. The van der Waals surface area contributed by atoms with Gasteiger partial charge in [-0.1, -0.05) is 42.5 Å². The average molecular weight is 375 g/mol. The lowest BCUT2D eigenvalue weighted by atomic mass is 9.99. The van der Waals surface area contributed by atoms with Gasteiger partial charge in [0.1, 0.15) is 17.9 Å². The first-order valence-electron chi connectivity index (χ1n) is 9.77. The van der Waals surface area contributed by atoms with Gasteiger partial charge < -0.3 is 10.1 Å². The maximum absolute atomic E-state index is 12.6. The second-order valence-electron chi connectivity index (χ2n) is 7.14. The Balaban J connectivity index is 1.28.